The fourth-order valence-electron chi connectivity index (χ4n) is 2.76. The molecule has 3 rings (SSSR count). The number of hydrogen-bond donors (Lipinski definition) is 2. The molecule has 0 saturated carbocycles. The van der Waals surface area contributed by atoms with Gasteiger partial charge in [0.2, 0.25) is 5.91 Å². The van der Waals surface area contributed by atoms with Crippen LogP contribution in [0.1, 0.15) is 34.6 Å². The predicted octanol–water partition coefficient (Wildman–Crippen LogP) is 3.92. The second-order valence-corrected chi connectivity index (χ2v) is 8.27. The van der Waals surface area contributed by atoms with Crippen molar-refractivity contribution in [3.63, 3.8) is 0 Å². The highest BCUT2D eigenvalue weighted by Crippen LogP contribution is 2.34. The summed E-state index contributed by atoms with van der Waals surface area (Å²) in [6, 6.07) is 11.8. The quantitative estimate of drug-likeness (QED) is 0.658. The third kappa shape index (κ3) is 3.99. The minimum absolute atomic E-state index is 0.0809. The molecule has 0 aliphatic carbocycles. The maximum atomic E-state index is 13.8. The van der Waals surface area contributed by atoms with Gasteiger partial charge in [-0.1, -0.05) is 18.2 Å². The van der Waals surface area contributed by atoms with Gasteiger partial charge in [0.25, 0.3) is 5.91 Å². The summed E-state index contributed by atoms with van der Waals surface area (Å²) in [7, 11) is 0. The minimum atomic E-state index is -1.17. The van der Waals surface area contributed by atoms with E-state index in [9.17, 15) is 14.0 Å². The Hall–Kier alpha value is -2.93. The molecule has 1 aromatic heterocycles. The maximum Gasteiger partial charge on any atom is 0.253 e. The standard InChI is InChI=1S/C21H21FN2O3S/c1-12-18(19(25)24-21(2,3)20(23)26)15-10-14(8-9-17(15)28-12)27-11-13-6-4-5-7-16(13)22/h4-10H,11H2,1-3H3,(H2,23,26)(H,24,25). The smallest absolute Gasteiger partial charge is 0.253 e. The zero-order valence-electron chi connectivity index (χ0n) is 15.8. The summed E-state index contributed by atoms with van der Waals surface area (Å²) in [6.45, 7) is 5.04. The number of fused-ring (bicyclic) bond motifs is 1. The molecular formula is C21H21FN2O3S. The molecule has 2 amide bonds. The van der Waals surface area contributed by atoms with E-state index < -0.39 is 11.4 Å². The van der Waals surface area contributed by atoms with Crippen LogP contribution in [0.4, 0.5) is 4.39 Å². The van der Waals surface area contributed by atoms with Gasteiger partial charge in [0.1, 0.15) is 23.7 Å². The van der Waals surface area contributed by atoms with Crippen molar-refractivity contribution in [1.29, 1.82) is 0 Å². The van der Waals surface area contributed by atoms with Crippen LogP contribution in [0.5, 0.6) is 5.75 Å². The molecule has 0 aliphatic rings. The molecule has 1 heterocycles. The minimum Gasteiger partial charge on any atom is -0.489 e. The second kappa shape index (κ2) is 7.59. The topological polar surface area (TPSA) is 81.4 Å². The zero-order valence-corrected chi connectivity index (χ0v) is 16.7. The molecule has 0 spiro atoms. The number of nitrogens with one attached hydrogen (secondary N) is 1. The van der Waals surface area contributed by atoms with Crippen molar-refractivity contribution in [2.75, 3.05) is 0 Å². The Morgan fingerprint density at radius 2 is 1.93 bits per heavy atom. The van der Waals surface area contributed by atoms with Crippen molar-refractivity contribution in [3.05, 3.63) is 64.3 Å². The van der Waals surface area contributed by atoms with E-state index >= 15 is 0 Å². The molecular weight excluding hydrogens is 379 g/mol. The molecule has 0 fully saturated rings. The third-order valence-corrected chi connectivity index (χ3v) is 5.54. The van der Waals surface area contributed by atoms with Gasteiger partial charge < -0.3 is 15.8 Å². The van der Waals surface area contributed by atoms with Gasteiger partial charge in [-0.25, -0.2) is 4.39 Å². The molecule has 3 N–H and O–H groups in total. The average Bonchev–Trinajstić information content (AvgIpc) is 2.95. The Bertz CT molecular complexity index is 1060. The van der Waals surface area contributed by atoms with Crippen molar-refractivity contribution in [2.24, 2.45) is 5.73 Å². The maximum absolute atomic E-state index is 13.8. The Balaban J connectivity index is 1.89. The zero-order chi connectivity index (χ0) is 20.5. The van der Waals surface area contributed by atoms with Gasteiger partial charge >= 0.3 is 0 Å². The van der Waals surface area contributed by atoms with Crippen LogP contribution in [0.2, 0.25) is 0 Å². The van der Waals surface area contributed by atoms with E-state index in [2.05, 4.69) is 5.32 Å². The van der Waals surface area contributed by atoms with E-state index in [4.69, 9.17) is 10.5 Å². The Morgan fingerprint density at radius 3 is 2.61 bits per heavy atom. The summed E-state index contributed by atoms with van der Waals surface area (Å²) in [6.07, 6.45) is 0. The number of benzene rings is 2. The number of carbonyl (C=O) groups is 2. The first-order chi connectivity index (χ1) is 13.2. The van der Waals surface area contributed by atoms with Crippen molar-refractivity contribution < 1.29 is 18.7 Å². The molecule has 0 unspecified atom stereocenters. The molecule has 7 heteroatoms. The lowest BCUT2D eigenvalue weighted by Gasteiger charge is -2.22. The summed E-state index contributed by atoms with van der Waals surface area (Å²) in [5.41, 5.74) is 5.11. The summed E-state index contributed by atoms with van der Waals surface area (Å²) in [4.78, 5) is 25.1. The van der Waals surface area contributed by atoms with Crippen molar-refractivity contribution in [3.8, 4) is 5.75 Å². The summed E-state index contributed by atoms with van der Waals surface area (Å²) in [5, 5.41) is 3.39. The number of primary amides is 1. The molecule has 2 aromatic carbocycles. The van der Waals surface area contributed by atoms with Crippen LogP contribution < -0.4 is 15.8 Å². The number of halogens is 1. The van der Waals surface area contributed by atoms with Gasteiger partial charge in [-0.2, -0.15) is 0 Å². The van der Waals surface area contributed by atoms with E-state index in [0.717, 1.165) is 9.58 Å². The number of rotatable bonds is 6. The van der Waals surface area contributed by atoms with Gasteiger partial charge in [-0.05, 0) is 45.0 Å². The predicted molar refractivity (Wildman–Crippen MR) is 108 cm³/mol. The average molecular weight is 400 g/mol. The highest BCUT2D eigenvalue weighted by Gasteiger charge is 2.29. The fraction of sp³-hybridized carbons (Fsp3) is 0.238. The molecule has 0 atom stereocenters. The number of amides is 2. The lowest BCUT2D eigenvalue weighted by Crippen LogP contribution is -2.53. The lowest BCUT2D eigenvalue weighted by atomic mass is 10.0. The first kappa shape index (κ1) is 19.8. The number of hydrogen-bond acceptors (Lipinski definition) is 4. The van der Waals surface area contributed by atoms with Crippen molar-refractivity contribution >= 4 is 33.2 Å². The van der Waals surface area contributed by atoms with Gasteiger partial charge in [-0.3, -0.25) is 9.59 Å². The number of carbonyl (C=O) groups excluding carboxylic acids is 2. The van der Waals surface area contributed by atoms with Gasteiger partial charge in [0, 0.05) is 20.5 Å². The summed E-state index contributed by atoms with van der Waals surface area (Å²) in [5.74, 6) is -0.800. The Labute approximate surface area is 166 Å². The highest BCUT2D eigenvalue weighted by atomic mass is 32.1. The van der Waals surface area contributed by atoms with E-state index in [1.54, 1.807) is 44.2 Å². The molecule has 0 radical (unpaired) electrons. The number of thiophene rings is 1. The van der Waals surface area contributed by atoms with Crippen LogP contribution >= 0.6 is 11.3 Å². The van der Waals surface area contributed by atoms with Crippen molar-refractivity contribution in [2.45, 2.75) is 32.9 Å². The monoisotopic (exact) mass is 400 g/mol. The van der Waals surface area contributed by atoms with Crippen LogP contribution in [-0.2, 0) is 11.4 Å². The van der Waals surface area contributed by atoms with Crippen LogP contribution in [0.15, 0.2) is 42.5 Å². The molecule has 0 bridgehead atoms. The molecule has 0 aliphatic heterocycles. The highest BCUT2D eigenvalue weighted by molar-refractivity contribution is 7.19. The first-order valence-electron chi connectivity index (χ1n) is 8.71. The van der Waals surface area contributed by atoms with Crippen LogP contribution in [-0.4, -0.2) is 17.4 Å². The van der Waals surface area contributed by atoms with Crippen LogP contribution in [0.3, 0.4) is 0 Å². The second-order valence-electron chi connectivity index (χ2n) is 7.01. The SMILES string of the molecule is Cc1sc2ccc(OCc3ccccc3F)cc2c1C(=O)NC(C)(C)C(N)=O. The summed E-state index contributed by atoms with van der Waals surface area (Å²) >= 11 is 1.47. The van der Waals surface area contributed by atoms with Crippen molar-refractivity contribution in [1.82, 2.24) is 5.32 Å². The van der Waals surface area contributed by atoms with Crippen LogP contribution in [0.25, 0.3) is 10.1 Å². The van der Waals surface area contributed by atoms with E-state index in [1.165, 1.54) is 17.4 Å². The number of ether oxygens (including phenoxy) is 1. The van der Waals surface area contributed by atoms with Gasteiger partial charge in [0.05, 0.1) is 5.56 Å². The number of aryl methyl sites for hydroxylation is 1. The van der Waals surface area contributed by atoms with E-state index in [-0.39, 0.29) is 18.3 Å². The Morgan fingerprint density at radius 1 is 1.21 bits per heavy atom. The summed E-state index contributed by atoms with van der Waals surface area (Å²) < 4.78 is 20.4. The Kier molecular flexibility index (Phi) is 5.38. The molecule has 146 valence electrons. The van der Waals surface area contributed by atoms with Gasteiger partial charge in [0.15, 0.2) is 0 Å². The molecule has 5 nitrogen and oxygen atoms in total. The number of nitrogens with two attached hydrogens (primary N) is 1. The molecule has 3 aromatic rings. The molecule has 28 heavy (non-hydrogen) atoms. The van der Waals surface area contributed by atoms with Crippen LogP contribution in [0, 0.1) is 12.7 Å². The fourth-order valence-corrected chi connectivity index (χ4v) is 3.80. The van der Waals surface area contributed by atoms with Gasteiger partial charge in [-0.15, -0.1) is 11.3 Å². The van der Waals surface area contributed by atoms with E-state index in [1.807, 2.05) is 13.0 Å². The van der Waals surface area contributed by atoms with E-state index in [0.29, 0.717) is 22.3 Å². The first-order valence-corrected chi connectivity index (χ1v) is 9.52. The largest absolute Gasteiger partial charge is 0.489 e. The normalized spacial score (nSPS) is 11.4. The third-order valence-electron chi connectivity index (χ3n) is 4.46. The lowest BCUT2D eigenvalue weighted by molar-refractivity contribution is -0.122. The molecule has 0 saturated heterocycles.